The Balaban J connectivity index is 0.000000447. The molecule has 0 bridgehead atoms. The molecule has 3 nitrogen and oxygen atoms in total. The molecule has 3 heteroatoms. The van der Waals surface area contributed by atoms with E-state index in [4.69, 9.17) is 14.2 Å². The van der Waals surface area contributed by atoms with E-state index in [1.54, 1.807) is 0 Å². The number of aryl methyl sites for hydroxylation is 1. The van der Waals surface area contributed by atoms with Gasteiger partial charge in [0, 0.05) is 0 Å². The van der Waals surface area contributed by atoms with Crippen molar-refractivity contribution in [1.29, 1.82) is 0 Å². The molecular formula is C64H104O3. The molecule has 0 N–H and O–H groups in total. The molecule has 0 saturated heterocycles. The van der Waals surface area contributed by atoms with Gasteiger partial charge in [-0.3, -0.25) is 0 Å². The first kappa shape index (κ1) is 61.3. The minimum Gasteiger partial charge on any atom is -0.494 e. The molecule has 378 valence electrons. The van der Waals surface area contributed by atoms with E-state index in [1.165, 1.54) is 40.7 Å². The van der Waals surface area contributed by atoms with Gasteiger partial charge in [0.2, 0.25) is 0 Å². The molecule has 0 aliphatic rings. The number of ether oxygens (including phenoxy) is 3. The molecule has 0 aromatic heterocycles. The third kappa shape index (κ3) is 29.0. The van der Waals surface area contributed by atoms with Gasteiger partial charge < -0.3 is 14.2 Å². The second-order valence-electron chi connectivity index (χ2n) is 27.8. The van der Waals surface area contributed by atoms with Gasteiger partial charge in [0.25, 0.3) is 0 Å². The SMILES string of the molecule is CC(C)(C)CCOc1ccc(C(C)(C)C)cc1.CC(C)(C)CCOc1cccc(C(C)(C)C)c1.CC(C)(C)CCOc1ccccc1C(C)(C)C.CC(C)(C)CCc1ccc(C(C)(C)C)cc1. The maximum absolute atomic E-state index is 5.94. The lowest BCUT2D eigenvalue weighted by Gasteiger charge is -2.24. The van der Waals surface area contributed by atoms with E-state index >= 15 is 0 Å². The maximum atomic E-state index is 5.94. The van der Waals surface area contributed by atoms with Crippen molar-refractivity contribution in [2.75, 3.05) is 19.8 Å². The molecular weight excluding hydrogens is 817 g/mol. The summed E-state index contributed by atoms with van der Waals surface area (Å²) >= 11 is 0. The summed E-state index contributed by atoms with van der Waals surface area (Å²) in [6.07, 6.45) is 5.67. The predicted molar refractivity (Wildman–Crippen MR) is 297 cm³/mol. The molecule has 0 unspecified atom stereocenters. The third-order valence-electron chi connectivity index (χ3n) is 11.5. The topological polar surface area (TPSA) is 27.7 Å². The Labute approximate surface area is 416 Å². The summed E-state index contributed by atoms with van der Waals surface area (Å²) < 4.78 is 17.5. The van der Waals surface area contributed by atoms with E-state index in [0.717, 1.165) is 56.3 Å². The quantitative estimate of drug-likeness (QED) is 0.150. The number of hydrogen-bond donors (Lipinski definition) is 0. The van der Waals surface area contributed by atoms with Crippen molar-refractivity contribution in [1.82, 2.24) is 0 Å². The zero-order chi connectivity index (χ0) is 51.7. The van der Waals surface area contributed by atoms with Gasteiger partial charge in [-0.15, -0.1) is 0 Å². The summed E-state index contributed by atoms with van der Waals surface area (Å²) in [6.45, 7) is 56.2. The van der Waals surface area contributed by atoms with E-state index in [9.17, 15) is 0 Å². The molecule has 0 fully saturated rings. The van der Waals surface area contributed by atoms with Gasteiger partial charge >= 0.3 is 0 Å². The van der Waals surface area contributed by atoms with Gasteiger partial charge in [0.15, 0.2) is 0 Å². The molecule has 67 heavy (non-hydrogen) atoms. The zero-order valence-corrected chi connectivity index (χ0v) is 48.1. The molecule has 4 aromatic rings. The van der Waals surface area contributed by atoms with Crippen LogP contribution < -0.4 is 14.2 Å². The normalized spacial score (nSPS) is 12.7. The molecule has 0 amide bonds. The average Bonchev–Trinajstić information content (AvgIpc) is 3.15. The highest BCUT2D eigenvalue weighted by atomic mass is 16.5. The Kier molecular flexibility index (Phi) is 23.6. The lowest BCUT2D eigenvalue weighted by atomic mass is 9.85. The van der Waals surface area contributed by atoms with E-state index in [-0.39, 0.29) is 21.7 Å². The molecule has 0 heterocycles. The average molecular weight is 922 g/mol. The van der Waals surface area contributed by atoms with Crippen molar-refractivity contribution in [3.8, 4) is 17.2 Å². The van der Waals surface area contributed by atoms with E-state index in [0.29, 0.717) is 21.7 Å². The van der Waals surface area contributed by atoms with Crippen molar-refractivity contribution < 1.29 is 14.2 Å². The summed E-state index contributed by atoms with van der Waals surface area (Å²) in [5.74, 6) is 2.99. The van der Waals surface area contributed by atoms with Crippen molar-refractivity contribution >= 4 is 0 Å². The molecule has 4 aromatic carbocycles. The van der Waals surface area contributed by atoms with Gasteiger partial charge in [-0.05, 0) is 134 Å². The number of benzene rings is 4. The number of hydrogen-bond acceptors (Lipinski definition) is 3. The monoisotopic (exact) mass is 921 g/mol. The van der Waals surface area contributed by atoms with E-state index in [1.807, 2.05) is 12.1 Å². The highest BCUT2D eigenvalue weighted by Crippen LogP contribution is 2.32. The van der Waals surface area contributed by atoms with Crippen LogP contribution in [0.3, 0.4) is 0 Å². The molecule has 0 aliphatic heterocycles. The number of para-hydroxylation sites is 1. The van der Waals surface area contributed by atoms with Crippen molar-refractivity contribution in [2.45, 2.75) is 220 Å². The standard InChI is InChI=1S/3C16H26O.C16H26/c1-15(2,3)11-12-17-14-9-7-13(8-10-14)16(4,5)6;1-15(2,3)10-11-17-14-9-7-8-13(12-14)16(4,5)6;1-15(2,3)11-12-17-14-10-8-7-9-13(14)16(4,5)6;1-15(2,3)12-11-13-7-9-14(10-8-13)16(4,5)6/h7-10H,11-12H2,1-6H3;7-9,12H,10-11H2,1-6H3;7-10H,11-12H2,1-6H3;7-10H,11-12H2,1-6H3. The predicted octanol–water partition coefficient (Wildman–Crippen LogP) is 19.4. The first-order valence-electron chi connectivity index (χ1n) is 25.5. The van der Waals surface area contributed by atoms with Gasteiger partial charge in [-0.1, -0.05) is 233 Å². The Morgan fingerprint density at radius 1 is 0.313 bits per heavy atom. The summed E-state index contributed by atoms with van der Waals surface area (Å²) in [6, 6.07) is 34.4. The van der Waals surface area contributed by atoms with Gasteiger partial charge in [-0.25, -0.2) is 0 Å². The van der Waals surface area contributed by atoms with Gasteiger partial charge in [-0.2, -0.15) is 0 Å². The minimum absolute atomic E-state index is 0.137. The van der Waals surface area contributed by atoms with Crippen LogP contribution in [-0.2, 0) is 28.1 Å². The summed E-state index contributed by atoms with van der Waals surface area (Å²) in [5, 5.41) is 0. The second-order valence-corrected chi connectivity index (χ2v) is 27.8. The summed E-state index contributed by atoms with van der Waals surface area (Å²) in [7, 11) is 0. The third-order valence-corrected chi connectivity index (χ3v) is 11.5. The minimum atomic E-state index is 0.137. The van der Waals surface area contributed by atoms with Crippen molar-refractivity contribution in [3.05, 3.63) is 125 Å². The largest absolute Gasteiger partial charge is 0.494 e. The lowest BCUT2D eigenvalue weighted by molar-refractivity contribution is 0.239. The zero-order valence-electron chi connectivity index (χ0n) is 48.1. The van der Waals surface area contributed by atoms with Crippen LogP contribution in [0.1, 0.15) is 220 Å². The fourth-order valence-corrected chi connectivity index (χ4v) is 6.42. The fraction of sp³-hybridized carbons (Fsp3) is 0.625. The van der Waals surface area contributed by atoms with E-state index in [2.05, 4.69) is 251 Å². The van der Waals surface area contributed by atoms with E-state index < -0.39 is 0 Å². The molecule has 0 radical (unpaired) electrons. The van der Waals surface area contributed by atoms with Crippen LogP contribution in [0.5, 0.6) is 17.2 Å². The number of rotatable bonds is 11. The first-order chi connectivity index (χ1) is 30.3. The second kappa shape index (κ2) is 25.8. The highest BCUT2D eigenvalue weighted by Gasteiger charge is 2.20. The lowest BCUT2D eigenvalue weighted by Crippen LogP contribution is -2.15. The van der Waals surface area contributed by atoms with Crippen LogP contribution in [-0.4, -0.2) is 19.8 Å². The van der Waals surface area contributed by atoms with Gasteiger partial charge in [0.05, 0.1) is 19.8 Å². The van der Waals surface area contributed by atoms with Crippen LogP contribution in [0.2, 0.25) is 0 Å². The molecule has 0 saturated carbocycles. The molecule has 0 aliphatic carbocycles. The Bertz CT molecular complexity index is 1940. The fourth-order valence-electron chi connectivity index (χ4n) is 6.42. The van der Waals surface area contributed by atoms with Gasteiger partial charge in [0.1, 0.15) is 17.2 Å². The van der Waals surface area contributed by atoms with Crippen LogP contribution >= 0.6 is 0 Å². The summed E-state index contributed by atoms with van der Waals surface area (Å²) in [4.78, 5) is 0. The van der Waals surface area contributed by atoms with Crippen LogP contribution in [0.4, 0.5) is 0 Å². The molecule has 0 spiro atoms. The Morgan fingerprint density at radius 3 is 1.10 bits per heavy atom. The van der Waals surface area contributed by atoms with Crippen LogP contribution in [0.25, 0.3) is 0 Å². The Hall–Kier alpha value is -3.72. The highest BCUT2D eigenvalue weighted by molar-refractivity contribution is 5.38. The Morgan fingerprint density at radius 2 is 0.701 bits per heavy atom. The summed E-state index contributed by atoms with van der Waals surface area (Å²) in [5.41, 5.74) is 9.08. The molecule has 0 atom stereocenters. The molecule has 4 rings (SSSR count). The van der Waals surface area contributed by atoms with Crippen LogP contribution in [0, 0.1) is 21.7 Å². The maximum Gasteiger partial charge on any atom is 0.123 e. The first-order valence-corrected chi connectivity index (χ1v) is 25.5. The van der Waals surface area contributed by atoms with Crippen molar-refractivity contribution in [3.63, 3.8) is 0 Å². The smallest absolute Gasteiger partial charge is 0.123 e. The van der Waals surface area contributed by atoms with Crippen molar-refractivity contribution in [2.24, 2.45) is 21.7 Å². The van der Waals surface area contributed by atoms with Crippen LogP contribution in [0.15, 0.2) is 97.1 Å².